The molecule has 5 heteroatoms. The van der Waals surface area contributed by atoms with Crippen molar-refractivity contribution in [3.8, 4) is 0 Å². The van der Waals surface area contributed by atoms with Crippen LogP contribution in [0.4, 0.5) is 5.82 Å². The summed E-state index contributed by atoms with van der Waals surface area (Å²) in [5.41, 5.74) is 0.486. The number of hydrogen-bond acceptors (Lipinski definition) is 5. The molecular formula is C13H19N3O2. The summed E-state index contributed by atoms with van der Waals surface area (Å²) in [6, 6.07) is 4.04. The molecule has 1 atom stereocenters. The van der Waals surface area contributed by atoms with Crippen LogP contribution in [0.15, 0.2) is 18.3 Å². The van der Waals surface area contributed by atoms with Crippen LogP contribution < -0.4 is 10.6 Å². The first-order valence-corrected chi connectivity index (χ1v) is 6.32. The minimum absolute atomic E-state index is 0.357. The summed E-state index contributed by atoms with van der Waals surface area (Å²) in [6.45, 7) is 1.92. The largest absolute Gasteiger partial charge is 0.465 e. The van der Waals surface area contributed by atoms with E-state index >= 15 is 0 Å². The van der Waals surface area contributed by atoms with Crippen molar-refractivity contribution in [3.05, 3.63) is 23.9 Å². The molecule has 1 aromatic heterocycles. The summed E-state index contributed by atoms with van der Waals surface area (Å²) < 4.78 is 4.73. The Bertz CT molecular complexity index is 403. The molecule has 0 aromatic carbocycles. The van der Waals surface area contributed by atoms with Crippen LogP contribution in [0.2, 0.25) is 0 Å². The first kappa shape index (κ1) is 12.8. The topological polar surface area (TPSA) is 63.2 Å². The average molecular weight is 249 g/mol. The zero-order valence-electron chi connectivity index (χ0n) is 10.6. The molecule has 2 rings (SSSR count). The number of nitrogens with zero attached hydrogens (tertiary/aromatic N) is 1. The number of hydrogen-bond donors (Lipinski definition) is 2. The van der Waals surface area contributed by atoms with Crippen LogP contribution in [0.25, 0.3) is 0 Å². The highest BCUT2D eigenvalue weighted by Gasteiger charge is 2.15. The Morgan fingerprint density at radius 3 is 3.28 bits per heavy atom. The predicted octanol–water partition coefficient (Wildman–Crippen LogP) is 1.42. The fourth-order valence-electron chi connectivity index (χ4n) is 2.19. The summed E-state index contributed by atoms with van der Waals surface area (Å²) in [5.74, 6) is 0.243. The molecule has 2 heterocycles. The van der Waals surface area contributed by atoms with Crippen molar-refractivity contribution in [1.29, 1.82) is 0 Å². The minimum Gasteiger partial charge on any atom is -0.465 e. The zero-order valence-corrected chi connectivity index (χ0v) is 10.6. The molecule has 1 aliphatic rings. The summed E-state index contributed by atoms with van der Waals surface area (Å²) in [5, 5.41) is 6.64. The van der Waals surface area contributed by atoms with E-state index in [0.717, 1.165) is 19.5 Å². The molecule has 1 aliphatic heterocycles. The van der Waals surface area contributed by atoms with E-state index in [2.05, 4.69) is 15.6 Å². The molecular weight excluding hydrogens is 230 g/mol. The van der Waals surface area contributed by atoms with Crippen LogP contribution in [-0.4, -0.2) is 37.2 Å². The van der Waals surface area contributed by atoms with Crippen LogP contribution in [0.1, 0.15) is 29.6 Å². The second kappa shape index (κ2) is 6.35. The van der Waals surface area contributed by atoms with E-state index in [9.17, 15) is 4.79 Å². The van der Waals surface area contributed by atoms with Gasteiger partial charge in [-0.3, -0.25) is 0 Å². The SMILES string of the molecule is COC(=O)c1cccnc1NCC[C@H]1CCCN1. The molecule has 98 valence electrons. The van der Waals surface area contributed by atoms with Crippen LogP contribution in [0.3, 0.4) is 0 Å². The van der Waals surface area contributed by atoms with E-state index < -0.39 is 0 Å². The number of esters is 1. The second-order valence-electron chi connectivity index (χ2n) is 4.40. The Labute approximate surface area is 107 Å². The van der Waals surface area contributed by atoms with Gasteiger partial charge >= 0.3 is 5.97 Å². The van der Waals surface area contributed by atoms with Crippen molar-refractivity contribution in [3.63, 3.8) is 0 Å². The molecule has 18 heavy (non-hydrogen) atoms. The molecule has 0 aliphatic carbocycles. The standard InChI is InChI=1S/C13H19N3O2/c1-18-13(17)11-5-3-8-15-12(11)16-9-6-10-4-2-7-14-10/h3,5,8,10,14H,2,4,6-7,9H2,1H3,(H,15,16)/t10-/m1/s1. The first-order chi connectivity index (χ1) is 8.81. The van der Waals surface area contributed by atoms with Crippen LogP contribution in [0.5, 0.6) is 0 Å². The highest BCUT2D eigenvalue weighted by atomic mass is 16.5. The van der Waals surface area contributed by atoms with E-state index in [4.69, 9.17) is 4.74 Å². The van der Waals surface area contributed by atoms with E-state index in [-0.39, 0.29) is 5.97 Å². The van der Waals surface area contributed by atoms with Gasteiger partial charge in [-0.25, -0.2) is 9.78 Å². The van der Waals surface area contributed by atoms with Gasteiger partial charge in [-0.15, -0.1) is 0 Å². The van der Waals surface area contributed by atoms with Gasteiger partial charge in [0, 0.05) is 18.8 Å². The Balaban J connectivity index is 1.89. The monoisotopic (exact) mass is 249 g/mol. The van der Waals surface area contributed by atoms with Gasteiger partial charge in [0.15, 0.2) is 0 Å². The number of ether oxygens (including phenoxy) is 1. The Morgan fingerprint density at radius 2 is 2.56 bits per heavy atom. The van der Waals surface area contributed by atoms with E-state index in [0.29, 0.717) is 17.4 Å². The smallest absolute Gasteiger partial charge is 0.341 e. The lowest BCUT2D eigenvalue weighted by atomic mass is 10.1. The number of rotatable bonds is 5. The molecule has 1 fully saturated rings. The van der Waals surface area contributed by atoms with Crippen LogP contribution >= 0.6 is 0 Å². The molecule has 1 aromatic rings. The fourth-order valence-corrected chi connectivity index (χ4v) is 2.19. The number of carbonyl (C=O) groups is 1. The number of methoxy groups -OCH3 is 1. The molecule has 0 radical (unpaired) electrons. The third-order valence-electron chi connectivity index (χ3n) is 3.16. The molecule has 5 nitrogen and oxygen atoms in total. The third kappa shape index (κ3) is 3.20. The number of aromatic nitrogens is 1. The molecule has 0 amide bonds. The quantitative estimate of drug-likeness (QED) is 0.773. The number of carbonyl (C=O) groups excluding carboxylic acids is 1. The van der Waals surface area contributed by atoms with Gasteiger partial charge in [0.05, 0.1) is 7.11 Å². The maximum absolute atomic E-state index is 11.5. The van der Waals surface area contributed by atoms with Crippen molar-refractivity contribution < 1.29 is 9.53 Å². The zero-order chi connectivity index (χ0) is 12.8. The predicted molar refractivity (Wildman–Crippen MR) is 69.7 cm³/mol. The van der Waals surface area contributed by atoms with E-state index in [1.807, 2.05) is 0 Å². The number of nitrogens with one attached hydrogen (secondary N) is 2. The molecule has 2 N–H and O–H groups in total. The molecule has 1 saturated heterocycles. The van der Waals surface area contributed by atoms with Crippen molar-refractivity contribution >= 4 is 11.8 Å². The number of pyridine rings is 1. The molecule has 0 unspecified atom stereocenters. The Hall–Kier alpha value is -1.62. The average Bonchev–Trinajstić information content (AvgIpc) is 2.92. The lowest BCUT2D eigenvalue weighted by Gasteiger charge is -2.12. The maximum atomic E-state index is 11.5. The van der Waals surface area contributed by atoms with Gasteiger partial charge in [-0.05, 0) is 37.9 Å². The number of anilines is 1. The highest BCUT2D eigenvalue weighted by Crippen LogP contribution is 2.14. The van der Waals surface area contributed by atoms with Crippen LogP contribution in [0, 0.1) is 0 Å². The van der Waals surface area contributed by atoms with Gasteiger partial charge in [0.1, 0.15) is 11.4 Å². The summed E-state index contributed by atoms with van der Waals surface area (Å²) >= 11 is 0. The lowest BCUT2D eigenvalue weighted by Crippen LogP contribution is -2.24. The minimum atomic E-state index is -0.357. The maximum Gasteiger partial charge on any atom is 0.341 e. The van der Waals surface area contributed by atoms with Gasteiger partial charge < -0.3 is 15.4 Å². The van der Waals surface area contributed by atoms with Crippen molar-refractivity contribution in [2.24, 2.45) is 0 Å². The van der Waals surface area contributed by atoms with Gasteiger partial charge in [-0.1, -0.05) is 0 Å². The van der Waals surface area contributed by atoms with Gasteiger partial charge in [0.2, 0.25) is 0 Å². The normalized spacial score (nSPS) is 18.6. The highest BCUT2D eigenvalue weighted by molar-refractivity contribution is 5.94. The summed E-state index contributed by atoms with van der Waals surface area (Å²) in [4.78, 5) is 15.7. The van der Waals surface area contributed by atoms with Crippen molar-refractivity contribution in [2.45, 2.75) is 25.3 Å². The third-order valence-corrected chi connectivity index (χ3v) is 3.16. The van der Waals surface area contributed by atoms with E-state index in [1.165, 1.54) is 20.0 Å². The molecule has 0 saturated carbocycles. The molecule has 0 spiro atoms. The molecule has 0 bridgehead atoms. The summed E-state index contributed by atoms with van der Waals surface area (Å²) in [7, 11) is 1.38. The second-order valence-corrected chi connectivity index (χ2v) is 4.40. The van der Waals surface area contributed by atoms with Crippen LogP contribution in [-0.2, 0) is 4.74 Å². The van der Waals surface area contributed by atoms with Gasteiger partial charge in [-0.2, -0.15) is 0 Å². The van der Waals surface area contributed by atoms with Gasteiger partial charge in [0.25, 0.3) is 0 Å². The van der Waals surface area contributed by atoms with E-state index in [1.54, 1.807) is 18.3 Å². The van der Waals surface area contributed by atoms with Crippen molar-refractivity contribution in [2.75, 3.05) is 25.5 Å². The Kier molecular flexibility index (Phi) is 4.52. The lowest BCUT2D eigenvalue weighted by molar-refractivity contribution is 0.0601. The van der Waals surface area contributed by atoms with Crippen molar-refractivity contribution in [1.82, 2.24) is 10.3 Å². The first-order valence-electron chi connectivity index (χ1n) is 6.32. The summed E-state index contributed by atoms with van der Waals surface area (Å²) in [6.07, 6.45) is 5.19. The Morgan fingerprint density at radius 1 is 1.67 bits per heavy atom. The fraction of sp³-hybridized carbons (Fsp3) is 0.538.